The summed E-state index contributed by atoms with van der Waals surface area (Å²) in [6.07, 6.45) is 1.73. The number of pyridine rings is 1. The topological polar surface area (TPSA) is 38.9 Å². The molecule has 0 atom stereocenters. The first-order chi connectivity index (χ1) is 7.66. The number of benzene rings is 1. The molecule has 0 unspecified atom stereocenters. The Balaban J connectivity index is 2.34. The van der Waals surface area contributed by atoms with Gasteiger partial charge in [0.05, 0.1) is 5.69 Å². The molecular formula is C12H11ClN2S. The molecule has 82 valence electrons. The average molecular weight is 251 g/mol. The summed E-state index contributed by atoms with van der Waals surface area (Å²) >= 11 is 7.49. The fraction of sp³-hybridized carbons (Fsp3) is 0.0833. The first kappa shape index (κ1) is 11.3. The van der Waals surface area contributed by atoms with Crippen molar-refractivity contribution in [2.45, 2.75) is 16.8 Å². The Bertz CT molecular complexity index is 514. The largest absolute Gasteiger partial charge is 0.397 e. The molecule has 0 aliphatic heterocycles. The van der Waals surface area contributed by atoms with E-state index in [0.29, 0.717) is 5.69 Å². The molecule has 16 heavy (non-hydrogen) atoms. The van der Waals surface area contributed by atoms with Crippen LogP contribution in [0.25, 0.3) is 0 Å². The Labute approximate surface area is 104 Å². The summed E-state index contributed by atoms with van der Waals surface area (Å²) in [4.78, 5) is 5.32. The Kier molecular flexibility index (Phi) is 3.36. The predicted octanol–water partition coefficient (Wildman–Crippen LogP) is 3.78. The molecule has 1 aromatic carbocycles. The average Bonchev–Trinajstić information content (AvgIpc) is 2.27. The van der Waals surface area contributed by atoms with E-state index in [2.05, 4.69) is 4.98 Å². The van der Waals surface area contributed by atoms with Crippen LogP contribution in [0, 0.1) is 6.92 Å². The van der Waals surface area contributed by atoms with Gasteiger partial charge in [0, 0.05) is 16.1 Å². The molecule has 2 N–H and O–H groups in total. The second-order valence-electron chi connectivity index (χ2n) is 3.41. The molecule has 2 aromatic rings. The van der Waals surface area contributed by atoms with Crippen LogP contribution in [0.1, 0.15) is 5.56 Å². The lowest BCUT2D eigenvalue weighted by Gasteiger charge is -2.06. The summed E-state index contributed by atoms with van der Waals surface area (Å²) in [6, 6.07) is 9.46. The van der Waals surface area contributed by atoms with Gasteiger partial charge in [-0.15, -0.1) is 0 Å². The number of anilines is 1. The van der Waals surface area contributed by atoms with Crippen LogP contribution in [0.2, 0.25) is 5.02 Å². The summed E-state index contributed by atoms with van der Waals surface area (Å²) in [5, 5.41) is 1.54. The van der Waals surface area contributed by atoms with E-state index in [4.69, 9.17) is 17.3 Å². The lowest BCUT2D eigenvalue weighted by Crippen LogP contribution is -1.91. The maximum absolute atomic E-state index is 5.96. The van der Waals surface area contributed by atoms with Gasteiger partial charge in [0.1, 0.15) is 5.03 Å². The maximum Gasteiger partial charge on any atom is 0.124 e. The highest BCUT2D eigenvalue weighted by Crippen LogP contribution is 2.33. The van der Waals surface area contributed by atoms with Gasteiger partial charge in [-0.25, -0.2) is 4.98 Å². The Morgan fingerprint density at radius 3 is 2.88 bits per heavy atom. The lowest BCUT2D eigenvalue weighted by molar-refractivity contribution is 1.14. The van der Waals surface area contributed by atoms with Gasteiger partial charge in [-0.1, -0.05) is 29.4 Å². The van der Waals surface area contributed by atoms with Crippen molar-refractivity contribution in [3.8, 4) is 0 Å². The molecule has 0 spiro atoms. The fourth-order valence-corrected chi connectivity index (χ4v) is 2.44. The quantitative estimate of drug-likeness (QED) is 0.882. The summed E-state index contributed by atoms with van der Waals surface area (Å²) in [7, 11) is 0. The number of rotatable bonds is 2. The minimum atomic E-state index is 0.687. The van der Waals surface area contributed by atoms with Gasteiger partial charge in [0.15, 0.2) is 0 Å². The molecule has 0 fully saturated rings. The van der Waals surface area contributed by atoms with E-state index in [9.17, 15) is 0 Å². The van der Waals surface area contributed by atoms with E-state index in [0.717, 1.165) is 14.9 Å². The number of aryl methyl sites for hydroxylation is 1. The number of nitrogens with two attached hydrogens (primary N) is 1. The third-order valence-corrected chi connectivity index (χ3v) is 3.59. The first-order valence-electron chi connectivity index (χ1n) is 4.81. The van der Waals surface area contributed by atoms with Crippen LogP contribution in [0.15, 0.2) is 46.5 Å². The number of hydrogen-bond donors (Lipinski definition) is 1. The fourth-order valence-electron chi connectivity index (χ4n) is 1.28. The van der Waals surface area contributed by atoms with Crippen molar-refractivity contribution in [3.05, 3.63) is 47.1 Å². The van der Waals surface area contributed by atoms with Crippen LogP contribution in [-0.2, 0) is 0 Å². The molecule has 0 radical (unpaired) electrons. The Hall–Kier alpha value is -1.19. The van der Waals surface area contributed by atoms with E-state index < -0.39 is 0 Å². The molecule has 0 saturated carbocycles. The van der Waals surface area contributed by atoms with Crippen LogP contribution in [0.4, 0.5) is 5.69 Å². The van der Waals surface area contributed by atoms with E-state index in [1.807, 2.05) is 37.3 Å². The van der Waals surface area contributed by atoms with Crippen molar-refractivity contribution < 1.29 is 0 Å². The minimum Gasteiger partial charge on any atom is -0.397 e. The van der Waals surface area contributed by atoms with Crippen LogP contribution >= 0.6 is 23.4 Å². The van der Waals surface area contributed by atoms with Gasteiger partial charge in [0.2, 0.25) is 0 Å². The van der Waals surface area contributed by atoms with Gasteiger partial charge in [-0.3, -0.25) is 0 Å². The van der Waals surface area contributed by atoms with Gasteiger partial charge in [0.25, 0.3) is 0 Å². The van der Waals surface area contributed by atoms with Crippen molar-refractivity contribution in [2.75, 3.05) is 5.73 Å². The number of nitrogens with zero attached hydrogens (tertiary/aromatic N) is 1. The molecule has 4 heteroatoms. The zero-order chi connectivity index (χ0) is 11.5. The molecular weight excluding hydrogens is 240 g/mol. The number of hydrogen-bond acceptors (Lipinski definition) is 3. The summed E-state index contributed by atoms with van der Waals surface area (Å²) in [5.41, 5.74) is 7.69. The molecule has 2 nitrogen and oxygen atoms in total. The van der Waals surface area contributed by atoms with Crippen molar-refractivity contribution in [2.24, 2.45) is 0 Å². The van der Waals surface area contributed by atoms with Gasteiger partial charge in [-0.05, 0) is 36.8 Å². The molecule has 0 saturated heterocycles. The molecule has 2 rings (SSSR count). The van der Waals surface area contributed by atoms with Crippen LogP contribution in [-0.4, -0.2) is 4.98 Å². The zero-order valence-electron chi connectivity index (χ0n) is 8.77. The van der Waals surface area contributed by atoms with Crippen molar-refractivity contribution in [1.29, 1.82) is 0 Å². The van der Waals surface area contributed by atoms with Gasteiger partial charge < -0.3 is 5.73 Å². The minimum absolute atomic E-state index is 0.687. The Morgan fingerprint density at radius 2 is 2.12 bits per heavy atom. The molecule has 1 heterocycles. The van der Waals surface area contributed by atoms with Gasteiger partial charge in [-0.2, -0.15) is 0 Å². The normalized spacial score (nSPS) is 10.4. The second-order valence-corrected chi connectivity index (χ2v) is 4.88. The summed E-state index contributed by atoms with van der Waals surface area (Å²) < 4.78 is 0. The number of halogens is 1. The highest BCUT2D eigenvalue weighted by atomic mass is 35.5. The predicted molar refractivity (Wildman–Crippen MR) is 69.0 cm³/mol. The highest BCUT2D eigenvalue weighted by molar-refractivity contribution is 7.99. The van der Waals surface area contributed by atoms with E-state index in [1.165, 1.54) is 17.3 Å². The number of aromatic nitrogens is 1. The smallest absolute Gasteiger partial charge is 0.124 e. The van der Waals surface area contributed by atoms with Crippen LogP contribution in [0.5, 0.6) is 0 Å². The monoisotopic (exact) mass is 250 g/mol. The van der Waals surface area contributed by atoms with E-state index in [1.54, 1.807) is 6.20 Å². The Morgan fingerprint density at radius 1 is 1.31 bits per heavy atom. The third kappa shape index (κ3) is 2.49. The summed E-state index contributed by atoms with van der Waals surface area (Å²) in [6.45, 7) is 2.04. The SMILES string of the molecule is Cc1ccc(Cl)cc1Sc1ncccc1N. The zero-order valence-corrected chi connectivity index (χ0v) is 10.3. The van der Waals surface area contributed by atoms with E-state index >= 15 is 0 Å². The molecule has 0 aliphatic rings. The molecule has 1 aromatic heterocycles. The van der Waals surface area contributed by atoms with Gasteiger partial charge >= 0.3 is 0 Å². The van der Waals surface area contributed by atoms with Crippen molar-refractivity contribution >= 4 is 29.1 Å². The standard InChI is InChI=1S/C12H11ClN2S/c1-8-4-5-9(13)7-11(8)16-12-10(14)3-2-6-15-12/h2-7H,14H2,1H3. The van der Waals surface area contributed by atoms with Crippen LogP contribution < -0.4 is 5.73 Å². The molecule has 0 bridgehead atoms. The van der Waals surface area contributed by atoms with E-state index in [-0.39, 0.29) is 0 Å². The maximum atomic E-state index is 5.96. The summed E-state index contributed by atoms with van der Waals surface area (Å²) in [5.74, 6) is 0. The second kappa shape index (κ2) is 4.76. The van der Waals surface area contributed by atoms with Crippen LogP contribution in [0.3, 0.4) is 0 Å². The first-order valence-corrected chi connectivity index (χ1v) is 6.01. The molecule has 0 amide bonds. The van der Waals surface area contributed by atoms with Crippen molar-refractivity contribution in [3.63, 3.8) is 0 Å². The van der Waals surface area contributed by atoms with Crippen molar-refractivity contribution in [1.82, 2.24) is 4.98 Å². The number of nitrogen functional groups attached to an aromatic ring is 1. The molecule has 0 aliphatic carbocycles. The third-order valence-electron chi connectivity index (χ3n) is 2.16. The highest BCUT2D eigenvalue weighted by Gasteiger charge is 2.05. The lowest BCUT2D eigenvalue weighted by atomic mass is 10.2.